The van der Waals surface area contributed by atoms with Gasteiger partial charge in [-0.3, -0.25) is 4.90 Å². The van der Waals surface area contributed by atoms with E-state index in [1.165, 1.54) is 96.0 Å². The van der Waals surface area contributed by atoms with Gasteiger partial charge < -0.3 is 9.64 Å². The van der Waals surface area contributed by atoms with Crippen LogP contribution >= 0.6 is 0 Å². The second-order valence-electron chi connectivity index (χ2n) is 9.14. The summed E-state index contributed by atoms with van der Waals surface area (Å²) in [6, 6.07) is 8.72. The maximum atomic E-state index is 5.89. The van der Waals surface area contributed by atoms with Gasteiger partial charge in [0.05, 0.1) is 6.61 Å². The van der Waals surface area contributed by atoms with E-state index >= 15 is 0 Å². The second-order valence-corrected chi connectivity index (χ2v) is 9.14. The first kappa shape index (κ1) is 25.8. The Morgan fingerprint density at radius 1 is 0.774 bits per heavy atom. The van der Waals surface area contributed by atoms with Crippen molar-refractivity contribution in [3.05, 3.63) is 36.9 Å². The second kappa shape index (κ2) is 17.1. The zero-order valence-electron chi connectivity index (χ0n) is 20.3. The summed E-state index contributed by atoms with van der Waals surface area (Å²) in [5.41, 5.74) is 1.33. The maximum Gasteiger partial charge on any atom is 0.119 e. The molecule has 0 amide bonds. The Morgan fingerprint density at radius 3 is 2.03 bits per heavy atom. The van der Waals surface area contributed by atoms with E-state index < -0.39 is 0 Å². The Kier molecular flexibility index (Phi) is 14.2. The predicted octanol–water partition coefficient (Wildman–Crippen LogP) is 7.46. The third kappa shape index (κ3) is 11.6. The quantitative estimate of drug-likeness (QED) is 0.178. The number of rotatable bonds is 18. The van der Waals surface area contributed by atoms with E-state index in [2.05, 4.69) is 47.6 Å². The minimum atomic E-state index is 0.814. The Bertz CT molecular complexity index is 549. The molecule has 0 N–H and O–H groups in total. The fourth-order valence-corrected chi connectivity index (χ4v) is 4.39. The SMILES string of the molecule is C=CCCCCCOc1ccc(N2CCN(CCCCCCCCCCC)CC2)cc1. The zero-order chi connectivity index (χ0) is 22.0. The van der Waals surface area contributed by atoms with Crippen LogP contribution in [0.15, 0.2) is 36.9 Å². The lowest BCUT2D eigenvalue weighted by molar-refractivity contribution is 0.252. The lowest BCUT2D eigenvalue weighted by Gasteiger charge is -2.36. The molecule has 0 saturated carbocycles. The Hall–Kier alpha value is -1.48. The van der Waals surface area contributed by atoms with E-state index in [0.29, 0.717) is 0 Å². The fraction of sp³-hybridized carbons (Fsp3) is 0.714. The van der Waals surface area contributed by atoms with E-state index in [1.807, 2.05) is 6.08 Å². The van der Waals surface area contributed by atoms with Crippen molar-refractivity contribution in [1.82, 2.24) is 4.90 Å². The van der Waals surface area contributed by atoms with Crippen LogP contribution in [-0.2, 0) is 0 Å². The number of hydrogen-bond acceptors (Lipinski definition) is 3. The molecule has 0 bridgehead atoms. The molecule has 0 atom stereocenters. The number of hydrogen-bond donors (Lipinski definition) is 0. The van der Waals surface area contributed by atoms with Crippen LogP contribution in [0.3, 0.4) is 0 Å². The molecule has 1 aliphatic rings. The summed E-state index contributed by atoms with van der Waals surface area (Å²) in [5, 5.41) is 0. The lowest BCUT2D eigenvalue weighted by atomic mass is 10.1. The van der Waals surface area contributed by atoms with Gasteiger partial charge in [-0.25, -0.2) is 0 Å². The van der Waals surface area contributed by atoms with Gasteiger partial charge in [-0.05, 0) is 62.9 Å². The van der Waals surface area contributed by atoms with Crippen molar-refractivity contribution in [1.29, 1.82) is 0 Å². The van der Waals surface area contributed by atoms with Crippen molar-refractivity contribution in [2.24, 2.45) is 0 Å². The van der Waals surface area contributed by atoms with Crippen LogP contribution in [0.1, 0.15) is 90.4 Å². The highest BCUT2D eigenvalue weighted by molar-refractivity contribution is 5.49. The molecular formula is C28H48N2O. The van der Waals surface area contributed by atoms with Crippen LogP contribution < -0.4 is 9.64 Å². The van der Waals surface area contributed by atoms with Crippen molar-refractivity contribution < 1.29 is 4.74 Å². The number of nitrogens with zero attached hydrogens (tertiary/aromatic N) is 2. The molecule has 3 heteroatoms. The molecule has 0 unspecified atom stereocenters. The van der Waals surface area contributed by atoms with Gasteiger partial charge in [-0.15, -0.1) is 6.58 Å². The molecule has 1 aromatic rings. The zero-order valence-corrected chi connectivity index (χ0v) is 20.3. The van der Waals surface area contributed by atoms with Crippen LogP contribution in [0.25, 0.3) is 0 Å². The molecule has 1 fully saturated rings. The van der Waals surface area contributed by atoms with Gasteiger partial charge in [0, 0.05) is 31.9 Å². The average Bonchev–Trinajstić information content (AvgIpc) is 2.81. The standard InChI is InChI=1S/C28H48N2O/c1-3-5-7-9-10-11-12-13-15-21-29-22-24-30(25-23-29)27-17-19-28(20-18-27)31-26-16-14-8-6-4-2/h4,17-20H,2-3,5-16,21-26H2,1H3. The average molecular weight is 429 g/mol. The van der Waals surface area contributed by atoms with Gasteiger partial charge in [-0.1, -0.05) is 64.4 Å². The highest BCUT2D eigenvalue weighted by Gasteiger charge is 2.16. The first-order chi connectivity index (χ1) is 15.3. The van der Waals surface area contributed by atoms with E-state index in [-0.39, 0.29) is 0 Å². The molecule has 2 rings (SSSR count). The first-order valence-corrected chi connectivity index (χ1v) is 13.1. The van der Waals surface area contributed by atoms with Gasteiger partial charge in [0.15, 0.2) is 0 Å². The molecule has 1 aliphatic heterocycles. The molecule has 176 valence electrons. The summed E-state index contributed by atoms with van der Waals surface area (Å²) in [5.74, 6) is 0.997. The largest absolute Gasteiger partial charge is 0.494 e. The molecule has 0 spiro atoms. The van der Waals surface area contributed by atoms with Crippen LogP contribution in [0, 0.1) is 0 Å². The fourth-order valence-electron chi connectivity index (χ4n) is 4.39. The van der Waals surface area contributed by atoms with Gasteiger partial charge >= 0.3 is 0 Å². The van der Waals surface area contributed by atoms with Gasteiger partial charge in [0.2, 0.25) is 0 Å². The number of piperazine rings is 1. The highest BCUT2D eigenvalue weighted by Crippen LogP contribution is 2.21. The molecule has 0 radical (unpaired) electrons. The molecular weight excluding hydrogens is 380 g/mol. The number of allylic oxidation sites excluding steroid dienone is 1. The van der Waals surface area contributed by atoms with Crippen LogP contribution in [0.2, 0.25) is 0 Å². The number of benzene rings is 1. The van der Waals surface area contributed by atoms with Crippen LogP contribution in [-0.4, -0.2) is 44.2 Å². The van der Waals surface area contributed by atoms with Crippen LogP contribution in [0.5, 0.6) is 5.75 Å². The van der Waals surface area contributed by atoms with E-state index in [9.17, 15) is 0 Å². The van der Waals surface area contributed by atoms with Crippen molar-refractivity contribution >= 4 is 5.69 Å². The van der Waals surface area contributed by atoms with Gasteiger partial charge in [0.1, 0.15) is 5.75 Å². The summed E-state index contributed by atoms with van der Waals surface area (Å²) < 4.78 is 5.89. The third-order valence-corrected chi connectivity index (χ3v) is 6.47. The Labute approximate surface area is 192 Å². The van der Waals surface area contributed by atoms with Gasteiger partial charge in [-0.2, -0.15) is 0 Å². The predicted molar refractivity (Wildman–Crippen MR) is 136 cm³/mol. The molecule has 1 heterocycles. The summed E-state index contributed by atoms with van der Waals surface area (Å²) in [4.78, 5) is 5.17. The number of anilines is 1. The highest BCUT2D eigenvalue weighted by atomic mass is 16.5. The summed E-state index contributed by atoms with van der Waals surface area (Å²) >= 11 is 0. The van der Waals surface area contributed by atoms with E-state index in [1.54, 1.807) is 0 Å². The lowest BCUT2D eigenvalue weighted by Crippen LogP contribution is -2.46. The maximum absolute atomic E-state index is 5.89. The number of unbranched alkanes of at least 4 members (excludes halogenated alkanes) is 11. The molecule has 0 aromatic heterocycles. The van der Waals surface area contributed by atoms with Crippen molar-refractivity contribution in [3.63, 3.8) is 0 Å². The minimum Gasteiger partial charge on any atom is -0.494 e. The molecule has 3 nitrogen and oxygen atoms in total. The van der Waals surface area contributed by atoms with Crippen molar-refractivity contribution in [3.8, 4) is 5.75 Å². The Morgan fingerprint density at radius 2 is 1.39 bits per heavy atom. The molecule has 31 heavy (non-hydrogen) atoms. The molecule has 1 aromatic carbocycles. The Balaban J connectivity index is 1.51. The smallest absolute Gasteiger partial charge is 0.119 e. The van der Waals surface area contributed by atoms with E-state index in [4.69, 9.17) is 4.74 Å². The normalized spacial score (nSPS) is 14.7. The summed E-state index contributed by atoms with van der Waals surface area (Å²) in [6.07, 6.45) is 19.4. The monoisotopic (exact) mass is 428 g/mol. The van der Waals surface area contributed by atoms with Gasteiger partial charge in [0.25, 0.3) is 0 Å². The summed E-state index contributed by atoms with van der Waals surface area (Å²) in [7, 11) is 0. The molecule has 1 saturated heterocycles. The van der Waals surface area contributed by atoms with Crippen molar-refractivity contribution in [2.75, 3.05) is 44.2 Å². The first-order valence-electron chi connectivity index (χ1n) is 13.1. The topological polar surface area (TPSA) is 15.7 Å². The number of ether oxygens (including phenoxy) is 1. The van der Waals surface area contributed by atoms with Crippen LogP contribution in [0.4, 0.5) is 5.69 Å². The van der Waals surface area contributed by atoms with E-state index in [0.717, 1.165) is 38.3 Å². The minimum absolute atomic E-state index is 0.814. The molecule has 0 aliphatic carbocycles. The third-order valence-electron chi connectivity index (χ3n) is 6.47. The summed E-state index contributed by atoms with van der Waals surface area (Å²) in [6.45, 7) is 12.8. The van der Waals surface area contributed by atoms with Crippen molar-refractivity contribution in [2.45, 2.75) is 90.4 Å².